The molecule has 1 saturated heterocycles. The number of imide groups is 2. The first-order valence-corrected chi connectivity index (χ1v) is 6.76. The summed E-state index contributed by atoms with van der Waals surface area (Å²) in [6, 6.07) is -0.137. The lowest BCUT2D eigenvalue weighted by molar-refractivity contribution is -0.144. The molecular formula is C13H21N3O3. The Morgan fingerprint density at radius 3 is 2.47 bits per heavy atom. The second-order valence-electron chi connectivity index (χ2n) is 5.73. The second kappa shape index (κ2) is 4.92. The van der Waals surface area contributed by atoms with Gasteiger partial charge in [-0.25, -0.2) is 4.79 Å². The maximum atomic E-state index is 12.2. The van der Waals surface area contributed by atoms with Crippen molar-refractivity contribution < 1.29 is 14.4 Å². The Kier molecular flexibility index (Phi) is 3.62. The molecule has 1 aliphatic carbocycles. The largest absolute Gasteiger partial charge is 0.330 e. The molecule has 0 unspecified atom stereocenters. The average molecular weight is 267 g/mol. The lowest BCUT2D eigenvalue weighted by atomic mass is 10.0. The molecule has 4 amide bonds. The van der Waals surface area contributed by atoms with E-state index in [0.717, 1.165) is 13.0 Å². The maximum absolute atomic E-state index is 12.2. The molecule has 1 heterocycles. The lowest BCUT2D eigenvalue weighted by Crippen LogP contribution is -2.59. The number of urea groups is 1. The smallest absolute Gasteiger partial charge is 0.304 e. The van der Waals surface area contributed by atoms with E-state index in [0.29, 0.717) is 25.4 Å². The van der Waals surface area contributed by atoms with Gasteiger partial charge in [-0.05, 0) is 46.7 Å². The van der Waals surface area contributed by atoms with Gasteiger partial charge in [-0.15, -0.1) is 0 Å². The third kappa shape index (κ3) is 2.49. The fraction of sp³-hybridized carbons (Fsp3) is 0.769. The van der Waals surface area contributed by atoms with E-state index >= 15 is 0 Å². The Balaban J connectivity index is 1.91. The van der Waals surface area contributed by atoms with Crippen LogP contribution in [0.3, 0.4) is 0 Å². The first-order chi connectivity index (χ1) is 8.88. The van der Waals surface area contributed by atoms with Crippen LogP contribution >= 0.6 is 0 Å². The summed E-state index contributed by atoms with van der Waals surface area (Å²) < 4.78 is 0. The Hall–Kier alpha value is -1.43. The molecule has 2 rings (SSSR count). The Morgan fingerprint density at radius 1 is 1.32 bits per heavy atom. The Labute approximate surface area is 113 Å². The van der Waals surface area contributed by atoms with E-state index < -0.39 is 17.4 Å². The van der Waals surface area contributed by atoms with Crippen molar-refractivity contribution in [1.82, 2.24) is 15.1 Å². The number of amides is 4. The zero-order valence-corrected chi connectivity index (χ0v) is 11.7. The summed E-state index contributed by atoms with van der Waals surface area (Å²) in [6.45, 7) is 5.37. The Bertz CT molecular complexity index is 415. The van der Waals surface area contributed by atoms with Crippen LogP contribution < -0.4 is 5.32 Å². The number of carbonyl (C=O) groups is 3. The summed E-state index contributed by atoms with van der Waals surface area (Å²) in [7, 11) is 2.01. The number of hydrogen-bond donors (Lipinski definition) is 1. The van der Waals surface area contributed by atoms with E-state index in [1.165, 1.54) is 4.90 Å². The van der Waals surface area contributed by atoms with Crippen molar-refractivity contribution in [3.05, 3.63) is 0 Å². The molecule has 0 radical (unpaired) electrons. The predicted octanol–water partition coefficient (Wildman–Crippen LogP) is 0.575. The van der Waals surface area contributed by atoms with Gasteiger partial charge in [0, 0.05) is 12.6 Å². The zero-order chi connectivity index (χ0) is 14.2. The molecule has 1 saturated carbocycles. The van der Waals surface area contributed by atoms with Crippen LogP contribution in [0.2, 0.25) is 0 Å². The van der Waals surface area contributed by atoms with Gasteiger partial charge in [0.05, 0.1) is 0 Å². The second-order valence-corrected chi connectivity index (χ2v) is 5.73. The molecule has 0 atom stereocenters. The lowest BCUT2D eigenvalue weighted by Gasteiger charge is -2.31. The van der Waals surface area contributed by atoms with Crippen molar-refractivity contribution in [3.8, 4) is 0 Å². The molecule has 0 aromatic carbocycles. The normalized spacial score (nSPS) is 21.5. The minimum absolute atomic E-state index is 0.312. The molecule has 1 N–H and O–H groups in total. The fourth-order valence-electron chi connectivity index (χ4n) is 2.24. The number of nitrogens with one attached hydrogen (secondary N) is 1. The van der Waals surface area contributed by atoms with E-state index in [1.807, 2.05) is 7.05 Å². The first-order valence-electron chi connectivity index (χ1n) is 6.76. The van der Waals surface area contributed by atoms with Crippen LogP contribution in [0.5, 0.6) is 0 Å². The van der Waals surface area contributed by atoms with Crippen molar-refractivity contribution in [1.29, 1.82) is 0 Å². The van der Waals surface area contributed by atoms with Gasteiger partial charge in [0.25, 0.3) is 0 Å². The molecule has 1 aliphatic heterocycles. The summed E-state index contributed by atoms with van der Waals surface area (Å²) in [5.74, 6) is -0.730. The summed E-state index contributed by atoms with van der Waals surface area (Å²) in [6.07, 6.45) is 1.85. The molecule has 2 fully saturated rings. The van der Waals surface area contributed by atoms with Crippen LogP contribution in [0.4, 0.5) is 4.79 Å². The van der Waals surface area contributed by atoms with Crippen LogP contribution in [0, 0.1) is 5.41 Å². The predicted molar refractivity (Wildman–Crippen MR) is 69.3 cm³/mol. The number of hydrogen-bond acceptors (Lipinski definition) is 4. The average Bonchev–Trinajstić information content (AvgIpc) is 3.12. The van der Waals surface area contributed by atoms with E-state index in [1.54, 1.807) is 0 Å². The maximum Gasteiger partial charge on any atom is 0.330 e. The van der Waals surface area contributed by atoms with E-state index in [2.05, 4.69) is 24.1 Å². The highest BCUT2D eigenvalue weighted by Gasteiger charge is 2.61. The summed E-state index contributed by atoms with van der Waals surface area (Å²) in [4.78, 5) is 38.9. The van der Waals surface area contributed by atoms with Crippen molar-refractivity contribution in [2.45, 2.75) is 39.2 Å². The van der Waals surface area contributed by atoms with Crippen LogP contribution in [-0.2, 0) is 9.59 Å². The van der Waals surface area contributed by atoms with Gasteiger partial charge in [0.1, 0.15) is 5.41 Å². The van der Waals surface area contributed by atoms with Crippen molar-refractivity contribution in [2.24, 2.45) is 5.41 Å². The molecular weight excluding hydrogens is 246 g/mol. The number of barbiturate groups is 1. The topological polar surface area (TPSA) is 69.7 Å². The summed E-state index contributed by atoms with van der Waals surface area (Å²) in [5, 5.41) is 2.29. The zero-order valence-electron chi connectivity index (χ0n) is 11.7. The molecule has 2 aliphatic rings. The van der Waals surface area contributed by atoms with Crippen LogP contribution in [0.15, 0.2) is 0 Å². The molecule has 106 valence electrons. The van der Waals surface area contributed by atoms with Gasteiger partial charge in [-0.3, -0.25) is 19.8 Å². The van der Waals surface area contributed by atoms with Crippen LogP contribution in [0.1, 0.15) is 33.1 Å². The standard InChI is InChI=1S/C13H21N3O3/c1-9(2)15(3)7-4-8-16-11(18)13(5-6-13)10(17)14-12(16)19/h9H,4-8H2,1-3H3,(H,14,17,19). The molecule has 6 heteroatoms. The highest BCUT2D eigenvalue weighted by molar-refractivity contribution is 6.20. The van der Waals surface area contributed by atoms with Gasteiger partial charge in [-0.2, -0.15) is 0 Å². The third-order valence-electron chi connectivity index (χ3n) is 4.08. The van der Waals surface area contributed by atoms with Gasteiger partial charge >= 0.3 is 6.03 Å². The van der Waals surface area contributed by atoms with Crippen molar-refractivity contribution in [2.75, 3.05) is 20.1 Å². The molecule has 19 heavy (non-hydrogen) atoms. The quantitative estimate of drug-likeness (QED) is 0.740. The summed E-state index contributed by atoms with van der Waals surface area (Å²) >= 11 is 0. The molecule has 0 bridgehead atoms. The van der Waals surface area contributed by atoms with Gasteiger partial charge in [0.2, 0.25) is 11.8 Å². The van der Waals surface area contributed by atoms with Gasteiger partial charge in [0.15, 0.2) is 0 Å². The van der Waals surface area contributed by atoms with Gasteiger partial charge < -0.3 is 4.90 Å². The minimum Gasteiger partial charge on any atom is -0.304 e. The van der Waals surface area contributed by atoms with Crippen molar-refractivity contribution >= 4 is 17.8 Å². The van der Waals surface area contributed by atoms with E-state index in [-0.39, 0.29) is 5.91 Å². The van der Waals surface area contributed by atoms with Crippen LogP contribution in [-0.4, -0.2) is 53.8 Å². The van der Waals surface area contributed by atoms with Crippen molar-refractivity contribution in [3.63, 3.8) is 0 Å². The molecule has 0 aromatic heterocycles. The fourth-order valence-corrected chi connectivity index (χ4v) is 2.24. The molecule has 0 aromatic rings. The first kappa shape index (κ1) is 14.0. The number of nitrogens with zero attached hydrogens (tertiary/aromatic N) is 2. The summed E-state index contributed by atoms with van der Waals surface area (Å²) in [5.41, 5.74) is -0.919. The highest BCUT2D eigenvalue weighted by atomic mass is 16.2. The van der Waals surface area contributed by atoms with Gasteiger partial charge in [-0.1, -0.05) is 0 Å². The third-order valence-corrected chi connectivity index (χ3v) is 4.08. The number of rotatable bonds is 5. The van der Waals surface area contributed by atoms with Crippen LogP contribution in [0.25, 0.3) is 0 Å². The minimum atomic E-state index is -0.919. The highest BCUT2D eigenvalue weighted by Crippen LogP contribution is 2.48. The monoisotopic (exact) mass is 267 g/mol. The van der Waals surface area contributed by atoms with E-state index in [4.69, 9.17) is 0 Å². The van der Waals surface area contributed by atoms with E-state index in [9.17, 15) is 14.4 Å². The molecule has 6 nitrogen and oxygen atoms in total. The number of carbonyl (C=O) groups excluding carboxylic acids is 3. The molecule has 1 spiro atoms. The Morgan fingerprint density at radius 2 is 1.95 bits per heavy atom. The SMILES string of the molecule is CC(C)N(C)CCCN1C(=O)NC(=O)C2(CC2)C1=O.